The molecule has 0 spiro atoms. The number of aromatic amines is 1. The number of aryl methyl sites for hydroxylation is 1. The highest BCUT2D eigenvalue weighted by Crippen LogP contribution is 2.39. The summed E-state index contributed by atoms with van der Waals surface area (Å²) in [5.41, 5.74) is 0.267. The molecular weight excluding hydrogens is 362 g/mol. The van der Waals surface area contributed by atoms with Crippen molar-refractivity contribution in [2.24, 2.45) is 0 Å². The molecule has 0 atom stereocenters. The van der Waals surface area contributed by atoms with Gasteiger partial charge in [-0.1, -0.05) is 6.92 Å². The van der Waals surface area contributed by atoms with E-state index >= 15 is 0 Å². The quantitative estimate of drug-likeness (QED) is 0.504. The van der Waals surface area contributed by atoms with Crippen LogP contribution in [0.3, 0.4) is 0 Å². The first-order valence-electron chi connectivity index (χ1n) is 9.72. The molecule has 3 rings (SSSR count). The number of carbonyl (C=O) groups is 1. The van der Waals surface area contributed by atoms with E-state index in [-0.39, 0.29) is 22.8 Å². The third kappa shape index (κ3) is 4.48. The highest BCUT2D eigenvalue weighted by molar-refractivity contribution is 6.05. The van der Waals surface area contributed by atoms with Crippen molar-refractivity contribution in [3.8, 4) is 0 Å². The molecule has 0 aromatic carbocycles. The van der Waals surface area contributed by atoms with Gasteiger partial charge in [-0.15, -0.1) is 0 Å². The summed E-state index contributed by atoms with van der Waals surface area (Å²) >= 11 is 0. The SMILES string of the molecule is CCCn1c(=O)[nH]c(=O)c2c(C(=O)NCCNCCOC)cc(C3CC3)nc21. The fourth-order valence-electron chi connectivity index (χ4n) is 3.15. The van der Waals surface area contributed by atoms with Crippen LogP contribution in [0, 0.1) is 0 Å². The van der Waals surface area contributed by atoms with E-state index in [1.807, 2.05) is 6.92 Å². The van der Waals surface area contributed by atoms with Gasteiger partial charge in [0.1, 0.15) is 0 Å². The van der Waals surface area contributed by atoms with Crippen molar-refractivity contribution in [2.75, 3.05) is 33.4 Å². The lowest BCUT2D eigenvalue weighted by Gasteiger charge is -2.13. The minimum atomic E-state index is -0.578. The standard InChI is InChI=1S/C19H27N5O4/c1-3-9-24-16-15(18(26)23-19(24)27)13(11-14(22-16)12-4-5-12)17(25)21-7-6-20-8-10-28-2/h11-12,20H,3-10H2,1-2H3,(H,21,25)(H,23,26,27). The molecule has 1 fully saturated rings. The zero-order valence-corrected chi connectivity index (χ0v) is 16.3. The van der Waals surface area contributed by atoms with Crippen LogP contribution in [0.1, 0.15) is 48.2 Å². The Bertz CT molecular complexity index is 961. The second kappa shape index (κ2) is 9.11. The number of hydrogen-bond acceptors (Lipinski definition) is 6. The molecule has 152 valence electrons. The van der Waals surface area contributed by atoms with Crippen molar-refractivity contribution < 1.29 is 9.53 Å². The maximum atomic E-state index is 12.8. The highest BCUT2D eigenvalue weighted by atomic mass is 16.5. The van der Waals surface area contributed by atoms with Crippen LogP contribution in [0.4, 0.5) is 0 Å². The molecule has 0 saturated heterocycles. The number of hydrogen-bond donors (Lipinski definition) is 3. The van der Waals surface area contributed by atoms with Crippen molar-refractivity contribution >= 4 is 16.9 Å². The first-order valence-corrected chi connectivity index (χ1v) is 9.72. The van der Waals surface area contributed by atoms with Crippen LogP contribution in [0.2, 0.25) is 0 Å². The maximum absolute atomic E-state index is 12.8. The number of H-pyrrole nitrogens is 1. The fraction of sp³-hybridized carbons (Fsp3) is 0.579. The second-order valence-electron chi connectivity index (χ2n) is 6.98. The molecule has 0 aliphatic heterocycles. The summed E-state index contributed by atoms with van der Waals surface area (Å²) < 4.78 is 6.41. The molecule has 0 bridgehead atoms. The summed E-state index contributed by atoms with van der Waals surface area (Å²) in [7, 11) is 1.63. The van der Waals surface area contributed by atoms with Crippen molar-refractivity contribution in [2.45, 2.75) is 38.6 Å². The van der Waals surface area contributed by atoms with Gasteiger partial charge in [-0.25, -0.2) is 9.78 Å². The molecular formula is C19H27N5O4. The van der Waals surface area contributed by atoms with Gasteiger partial charge in [0.2, 0.25) is 0 Å². The summed E-state index contributed by atoms with van der Waals surface area (Å²) in [5, 5.41) is 6.16. The van der Waals surface area contributed by atoms with Crippen LogP contribution >= 0.6 is 0 Å². The molecule has 2 aromatic rings. The average Bonchev–Trinajstić information content (AvgIpc) is 3.52. The third-order valence-corrected chi connectivity index (χ3v) is 4.73. The van der Waals surface area contributed by atoms with E-state index < -0.39 is 11.2 Å². The van der Waals surface area contributed by atoms with Crippen LogP contribution in [-0.4, -0.2) is 53.8 Å². The number of rotatable bonds is 10. The van der Waals surface area contributed by atoms with Gasteiger partial charge >= 0.3 is 5.69 Å². The number of nitrogens with one attached hydrogen (secondary N) is 3. The molecule has 1 aliphatic carbocycles. The Balaban J connectivity index is 1.94. The lowest BCUT2D eigenvalue weighted by molar-refractivity contribution is 0.0955. The number of pyridine rings is 1. The lowest BCUT2D eigenvalue weighted by Crippen LogP contribution is -2.35. The Labute approximate surface area is 162 Å². The number of ether oxygens (including phenoxy) is 1. The fourth-order valence-corrected chi connectivity index (χ4v) is 3.15. The van der Waals surface area contributed by atoms with E-state index in [0.29, 0.717) is 44.9 Å². The van der Waals surface area contributed by atoms with Gasteiger partial charge in [-0.3, -0.25) is 19.1 Å². The summed E-state index contributed by atoms with van der Waals surface area (Å²) in [6, 6.07) is 1.70. The average molecular weight is 389 g/mol. The minimum Gasteiger partial charge on any atom is -0.383 e. The first kappa shape index (κ1) is 20.2. The number of fused-ring (bicyclic) bond motifs is 1. The second-order valence-corrected chi connectivity index (χ2v) is 6.98. The molecule has 2 aromatic heterocycles. The molecule has 1 amide bonds. The minimum absolute atomic E-state index is 0.169. The van der Waals surface area contributed by atoms with Gasteiger partial charge < -0.3 is 15.4 Å². The van der Waals surface area contributed by atoms with Crippen LogP contribution in [-0.2, 0) is 11.3 Å². The van der Waals surface area contributed by atoms with Crippen molar-refractivity contribution in [3.63, 3.8) is 0 Å². The van der Waals surface area contributed by atoms with Crippen LogP contribution in [0.15, 0.2) is 15.7 Å². The van der Waals surface area contributed by atoms with Crippen LogP contribution < -0.4 is 21.9 Å². The Morgan fingerprint density at radius 3 is 2.79 bits per heavy atom. The Morgan fingerprint density at radius 1 is 1.32 bits per heavy atom. The van der Waals surface area contributed by atoms with Crippen LogP contribution in [0.25, 0.3) is 11.0 Å². The Kier molecular flexibility index (Phi) is 6.58. The van der Waals surface area contributed by atoms with E-state index in [1.54, 1.807) is 13.2 Å². The number of methoxy groups -OCH3 is 1. The van der Waals surface area contributed by atoms with Crippen molar-refractivity contribution in [3.05, 3.63) is 38.2 Å². The van der Waals surface area contributed by atoms with Gasteiger partial charge in [0.15, 0.2) is 5.65 Å². The molecule has 0 radical (unpaired) electrons. The van der Waals surface area contributed by atoms with E-state index in [2.05, 4.69) is 20.6 Å². The summed E-state index contributed by atoms with van der Waals surface area (Å²) in [6.07, 6.45) is 2.72. The highest BCUT2D eigenvalue weighted by Gasteiger charge is 2.28. The van der Waals surface area contributed by atoms with E-state index in [0.717, 1.165) is 18.5 Å². The largest absolute Gasteiger partial charge is 0.383 e. The number of carbonyl (C=O) groups excluding carboxylic acids is 1. The number of nitrogens with zero attached hydrogens (tertiary/aromatic N) is 2. The van der Waals surface area contributed by atoms with Crippen LogP contribution in [0.5, 0.6) is 0 Å². The van der Waals surface area contributed by atoms with E-state index in [1.165, 1.54) is 4.57 Å². The molecule has 28 heavy (non-hydrogen) atoms. The predicted molar refractivity (Wildman–Crippen MR) is 106 cm³/mol. The monoisotopic (exact) mass is 389 g/mol. The molecule has 0 unspecified atom stereocenters. The van der Waals surface area contributed by atoms with Gasteiger partial charge in [0.05, 0.1) is 17.6 Å². The predicted octanol–water partition coefficient (Wildman–Crippen LogP) is 0.338. The van der Waals surface area contributed by atoms with E-state index in [4.69, 9.17) is 4.74 Å². The maximum Gasteiger partial charge on any atom is 0.329 e. The summed E-state index contributed by atoms with van der Waals surface area (Å²) in [6.45, 7) is 4.66. The normalized spacial score (nSPS) is 13.8. The number of amides is 1. The lowest BCUT2D eigenvalue weighted by atomic mass is 10.1. The van der Waals surface area contributed by atoms with Gasteiger partial charge in [-0.05, 0) is 25.3 Å². The number of aromatic nitrogens is 3. The smallest absolute Gasteiger partial charge is 0.329 e. The molecule has 3 N–H and O–H groups in total. The van der Waals surface area contributed by atoms with Crippen molar-refractivity contribution in [1.82, 2.24) is 25.2 Å². The van der Waals surface area contributed by atoms with Gasteiger partial charge in [0.25, 0.3) is 11.5 Å². The Hall–Kier alpha value is -2.52. The molecule has 1 aliphatic rings. The molecule has 2 heterocycles. The van der Waals surface area contributed by atoms with Crippen molar-refractivity contribution in [1.29, 1.82) is 0 Å². The topological polar surface area (TPSA) is 118 Å². The Morgan fingerprint density at radius 2 is 2.11 bits per heavy atom. The zero-order chi connectivity index (χ0) is 20.1. The summed E-state index contributed by atoms with van der Waals surface area (Å²) in [4.78, 5) is 44.5. The van der Waals surface area contributed by atoms with Gasteiger partial charge in [-0.2, -0.15) is 0 Å². The summed E-state index contributed by atoms with van der Waals surface area (Å²) in [5.74, 6) is -0.0498. The molecule has 9 nitrogen and oxygen atoms in total. The third-order valence-electron chi connectivity index (χ3n) is 4.73. The molecule has 9 heteroatoms. The van der Waals surface area contributed by atoms with Gasteiger partial charge in [0, 0.05) is 44.9 Å². The first-order chi connectivity index (χ1) is 13.6. The zero-order valence-electron chi connectivity index (χ0n) is 16.3. The van der Waals surface area contributed by atoms with E-state index in [9.17, 15) is 14.4 Å². The molecule has 1 saturated carbocycles.